The lowest BCUT2D eigenvalue weighted by Gasteiger charge is -2.22. The molecule has 1 heterocycles. The van der Waals surface area contributed by atoms with Gasteiger partial charge in [0, 0.05) is 24.5 Å². The largest absolute Gasteiger partial charge is 0.508 e. The molecule has 1 aliphatic rings. The maximum atomic E-state index is 12.0. The van der Waals surface area contributed by atoms with E-state index >= 15 is 0 Å². The molecule has 0 radical (unpaired) electrons. The van der Waals surface area contributed by atoms with Crippen LogP contribution in [0, 0.1) is 0 Å². The molecule has 3 rings (SSSR count). The van der Waals surface area contributed by atoms with Crippen molar-refractivity contribution in [3.63, 3.8) is 0 Å². The van der Waals surface area contributed by atoms with Crippen molar-refractivity contribution < 1.29 is 19.4 Å². The standard InChI is InChI=1S/C21H24N2O4/c24-19-11-5-16(6-12-19)21(26)27-15-20(25)22-17-7-9-18(10-8-17)23-13-3-1-2-4-14-23/h5-12,24H,1-4,13-15H2,(H,22,25). The van der Waals surface area contributed by atoms with Gasteiger partial charge in [-0.1, -0.05) is 12.8 Å². The molecule has 2 aromatic carbocycles. The van der Waals surface area contributed by atoms with Gasteiger partial charge < -0.3 is 20.1 Å². The number of anilines is 2. The van der Waals surface area contributed by atoms with Gasteiger partial charge in [-0.05, 0) is 61.4 Å². The third kappa shape index (κ3) is 5.48. The van der Waals surface area contributed by atoms with Gasteiger partial charge in [-0.25, -0.2) is 4.79 Å². The molecule has 0 unspecified atom stereocenters. The number of nitrogens with zero attached hydrogens (tertiary/aromatic N) is 1. The Bertz CT molecular complexity index is 764. The van der Waals surface area contributed by atoms with E-state index in [2.05, 4.69) is 10.2 Å². The van der Waals surface area contributed by atoms with Crippen molar-refractivity contribution in [3.05, 3.63) is 54.1 Å². The first-order chi connectivity index (χ1) is 13.1. The quantitative estimate of drug-likeness (QED) is 0.789. The predicted molar refractivity (Wildman–Crippen MR) is 104 cm³/mol. The Kier molecular flexibility index (Phi) is 6.30. The molecule has 1 fully saturated rings. The highest BCUT2D eigenvalue weighted by molar-refractivity contribution is 5.95. The molecular weight excluding hydrogens is 344 g/mol. The molecule has 0 spiro atoms. The summed E-state index contributed by atoms with van der Waals surface area (Å²) in [6, 6.07) is 13.4. The van der Waals surface area contributed by atoms with Gasteiger partial charge >= 0.3 is 5.97 Å². The molecule has 2 aromatic rings. The normalized spacial score (nSPS) is 14.3. The number of hydrogen-bond donors (Lipinski definition) is 2. The minimum absolute atomic E-state index is 0.0629. The smallest absolute Gasteiger partial charge is 0.338 e. The van der Waals surface area contributed by atoms with Crippen molar-refractivity contribution in [2.45, 2.75) is 25.7 Å². The molecular formula is C21H24N2O4. The van der Waals surface area contributed by atoms with E-state index in [1.54, 1.807) is 0 Å². The maximum Gasteiger partial charge on any atom is 0.338 e. The molecule has 1 saturated heterocycles. The van der Waals surface area contributed by atoms with E-state index in [-0.39, 0.29) is 17.9 Å². The summed E-state index contributed by atoms with van der Waals surface area (Å²) in [6.45, 7) is 1.77. The number of ether oxygens (including phenoxy) is 1. The van der Waals surface area contributed by atoms with Crippen LogP contribution in [0.3, 0.4) is 0 Å². The van der Waals surface area contributed by atoms with Crippen LogP contribution in [0.25, 0.3) is 0 Å². The molecule has 1 aliphatic heterocycles. The predicted octanol–water partition coefficient (Wildman–Crippen LogP) is 3.57. The SMILES string of the molecule is O=C(COC(=O)c1ccc(O)cc1)Nc1ccc(N2CCCCCC2)cc1. The van der Waals surface area contributed by atoms with Crippen molar-refractivity contribution in [2.75, 3.05) is 29.9 Å². The van der Waals surface area contributed by atoms with Gasteiger partial charge in [0.1, 0.15) is 5.75 Å². The van der Waals surface area contributed by atoms with Crippen LogP contribution < -0.4 is 10.2 Å². The number of nitrogens with one attached hydrogen (secondary N) is 1. The van der Waals surface area contributed by atoms with Crippen molar-refractivity contribution in [1.82, 2.24) is 0 Å². The Morgan fingerprint density at radius 3 is 2.19 bits per heavy atom. The molecule has 142 valence electrons. The second-order valence-electron chi connectivity index (χ2n) is 6.62. The highest BCUT2D eigenvalue weighted by Crippen LogP contribution is 2.21. The zero-order chi connectivity index (χ0) is 19.1. The highest BCUT2D eigenvalue weighted by Gasteiger charge is 2.12. The van der Waals surface area contributed by atoms with Crippen LogP contribution in [0.1, 0.15) is 36.0 Å². The summed E-state index contributed by atoms with van der Waals surface area (Å²) in [5.74, 6) is -0.945. The lowest BCUT2D eigenvalue weighted by molar-refractivity contribution is -0.119. The average Bonchev–Trinajstić information content (AvgIpc) is 2.97. The topological polar surface area (TPSA) is 78.9 Å². The first kappa shape index (κ1) is 18.8. The van der Waals surface area contributed by atoms with Crippen LogP contribution in [0.2, 0.25) is 0 Å². The number of esters is 1. The lowest BCUT2D eigenvalue weighted by atomic mass is 10.2. The molecule has 6 nitrogen and oxygen atoms in total. The first-order valence-electron chi connectivity index (χ1n) is 9.23. The molecule has 0 atom stereocenters. The Hall–Kier alpha value is -3.02. The lowest BCUT2D eigenvalue weighted by Crippen LogP contribution is -2.24. The van der Waals surface area contributed by atoms with Crippen LogP contribution in [-0.2, 0) is 9.53 Å². The Morgan fingerprint density at radius 1 is 0.926 bits per heavy atom. The third-order valence-electron chi connectivity index (χ3n) is 4.56. The van der Waals surface area contributed by atoms with Crippen LogP contribution in [0.5, 0.6) is 5.75 Å². The van der Waals surface area contributed by atoms with E-state index in [0.717, 1.165) is 18.8 Å². The van der Waals surface area contributed by atoms with Gasteiger partial charge in [0.05, 0.1) is 5.56 Å². The molecule has 6 heteroatoms. The van der Waals surface area contributed by atoms with E-state index in [1.165, 1.54) is 49.9 Å². The molecule has 0 saturated carbocycles. The van der Waals surface area contributed by atoms with Crippen LogP contribution >= 0.6 is 0 Å². The molecule has 0 aromatic heterocycles. The van der Waals surface area contributed by atoms with Gasteiger partial charge in [-0.2, -0.15) is 0 Å². The molecule has 1 amide bonds. The fraction of sp³-hybridized carbons (Fsp3) is 0.333. The van der Waals surface area contributed by atoms with Crippen LogP contribution in [0.4, 0.5) is 11.4 Å². The number of aromatic hydroxyl groups is 1. The number of hydrogen-bond acceptors (Lipinski definition) is 5. The number of amides is 1. The minimum atomic E-state index is -0.610. The van der Waals surface area contributed by atoms with Crippen LogP contribution in [0.15, 0.2) is 48.5 Å². The summed E-state index contributed by atoms with van der Waals surface area (Å²) in [5, 5.41) is 11.9. The monoisotopic (exact) mass is 368 g/mol. The van der Waals surface area contributed by atoms with Gasteiger partial charge in [0.2, 0.25) is 0 Å². The van der Waals surface area contributed by atoms with E-state index in [9.17, 15) is 14.7 Å². The minimum Gasteiger partial charge on any atom is -0.508 e. The van der Waals surface area contributed by atoms with Crippen molar-refractivity contribution in [1.29, 1.82) is 0 Å². The van der Waals surface area contributed by atoms with Crippen molar-refractivity contribution in [2.24, 2.45) is 0 Å². The fourth-order valence-electron chi connectivity index (χ4n) is 3.09. The Labute approximate surface area is 158 Å². The first-order valence-corrected chi connectivity index (χ1v) is 9.23. The Balaban J connectivity index is 1.48. The molecule has 0 bridgehead atoms. The number of rotatable bonds is 5. The number of carbonyl (C=O) groups excluding carboxylic acids is 2. The fourth-order valence-corrected chi connectivity index (χ4v) is 3.09. The summed E-state index contributed by atoms with van der Waals surface area (Å²) < 4.78 is 4.99. The van der Waals surface area contributed by atoms with Crippen molar-refractivity contribution >= 4 is 23.3 Å². The van der Waals surface area contributed by atoms with Gasteiger partial charge in [0.15, 0.2) is 6.61 Å². The van der Waals surface area contributed by atoms with Crippen molar-refractivity contribution in [3.8, 4) is 5.75 Å². The zero-order valence-electron chi connectivity index (χ0n) is 15.2. The van der Waals surface area contributed by atoms with E-state index in [1.807, 2.05) is 24.3 Å². The second-order valence-corrected chi connectivity index (χ2v) is 6.62. The van der Waals surface area contributed by atoms with E-state index in [4.69, 9.17) is 4.74 Å². The maximum absolute atomic E-state index is 12.0. The van der Waals surface area contributed by atoms with Gasteiger partial charge in [0.25, 0.3) is 5.91 Å². The Morgan fingerprint density at radius 2 is 1.56 bits per heavy atom. The van der Waals surface area contributed by atoms with Gasteiger partial charge in [-0.3, -0.25) is 4.79 Å². The number of phenols is 1. The molecule has 2 N–H and O–H groups in total. The third-order valence-corrected chi connectivity index (χ3v) is 4.56. The molecule has 27 heavy (non-hydrogen) atoms. The average molecular weight is 368 g/mol. The van der Waals surface area contributed by atoms with E-state index < -0.39 is 11.9 Å². The number of benzene rings is 2. The molecule has 0 aliphatic carbocycles. The summed E-state index contributed by atoms with van der Waals surface area (Å²) >= 11 is 0. The number of phenolic OH excluding ortho intramolecular Hbond substituents is 1. The summed E-state index contributed by atoms with van der Waals surface area (Å²) in [7, 11) is 0. The summed E-state index contributed by atoms with van der Waals surface area (Å²) in [5.41, 5.74) is 2.11. The summed E-state index contributed by atoms with van der Waals surface area (Å²) in [6.07, 6.45) is 5.00. The van der Waals surface area contributed by atoms with Gasteiger partial charge in [-0.15, -0.1) is 0 Å². The summed E-state index contributed by atoms with van der Waals surface area (Å²) in [4.78, 5) is 26.2. The highest BCUT2D eigenvalue weighted by atomic mass is 16.5. The second kappa shape index (κ2) is 9.07. The van der Waals surface area contributed by atoms with Crippen LogP contribution in [-0.4, -0.2) is 36.7 Å². The zero-order valence-corrected chi connectivity index (χ0v) is 15.2. The van der Waals surface area contributed by atoms with E-state index in [0.29, 0.717) is 5.69 Å². The number of carbonyl (C=O) groups is 2.